The molecule has 1 aromatic carbocycles. The average Bonchev–Trinajstić information content (AvgIpc) is 2.43. The Bertz CT molecular complexity index is 474. The normalized spacial score (nSPS) is 9.84. The first-order valence-corrected chi connectivity index (χ1v) is 5.96. The fourth-order valence-electron chi connectivity index (χ4n) is 1.61. The van der Waals surface area contributed by atoms with Crippen molar-refractivity contribution in [1.82, 2.24) is 10.2 Å². The number of carbonyl (C=O) groups excluding carboxylic acids is 2. The molecular formula is C13H19N3O3. The number of benzene rings is 1. The molecule has 0 heterocycles. The van der Waals surface area contributed by atoms with Gasteiger partial charge >= 0.3 is 0 Å². The van der Waals surface area contributed by atoms with Crippen molar-refractivity contribution in [3.8, 4) is 5.75 Å². The van der Waals surface area contributed by atoms with Crippen LogP contribution in [0.1, 0.15) is 17.3 Å². The van der Waals surface area contributed by atoms with E-state index in [9.17, 15) is 9.59 Å². The molecule has 0 atom stereocenters. The molecule has 0 aliphatic carbocycles. The molecule has 0 fully saturated rings. The van der Waals surface area contributed by atoms with Gasteiger partial charge in [-0.25, -0.2) is 0 Å². The summed E-state index contributed by atoms with van der Waals surface area (Å²) in [7, 11) is 3.06. The number of nitrogen functional groups attached to an aromatic ring is 1. The van der Waals surface area contributed by atoms with Crippen LogP contribution in [0.2, 0.25) is 0 Å². The van der Waals surface area contributed by atoms with Gasteiger partial charge < -0.3 is 20.7 Å². The first kappa shape index (κ1) is 14.8. The van der Waals surface area contributed by atoms with E-state index in [1.807, 2.05) is 0 Å². The highest BCUT2D eigenvalue weighted by Gasteiger charge is 2.19. The summed E-state index contributed by atoms with van der Waals surface area (Å²) in [4.78, 5) is 25.0. The quantitative estimate of drug-likeness (QED) is 0.759. The highest BCUT2D eigenvalue weighted by molar-refractivity contribution is 6.00. The Morgan fingerprint density at radius 2 is 2.11 bits per heavy atom. The zero-order chi connectivity index (χ0) is 14.4. The molecule has 6 heteroatoms. The van der Waals surface area contributed by atoms with E-state index in [4.69, 9.17) is 10.5 Å². The van der Waals surface area contributed by atoms with Gasteiger partial charge in [0.05, 0.1) is 19.2 Å². The predicted molar refractivity (Wildman–Crippen MR) is 73.1 cm³/mol. The first-order chi connectivity index (χ1) is 9.03. The molecular weight excluding hydrogens is 246 g/mol. The molecule has 1 rings (SSSR count). The lowest BCUT2D eigenvalue weighted by molar-refractivity contribution is -0.121. The lowest BCUT2D eigenvalue weighted by Crippen LogP contribution is -2.39. The molecule has 1 aromatic rings. The van der Waals surface area contributed by atoms with Crippen LogP contribution in [0.15, 0.2) is 18.2 Å². The molecule has 2 amide bonds. The fourth-order valence-corrected chi connectivity index (χ4v) is 1.61. The van der Waals surface area contributed by atoms with Gasteiger partial charge in [0, 0.05) is 25.3 Å². The maximum absolute atomic E-state index is 12.3. The van der Waals surface area contributed by atoms with Gasteiger partial charge in [0.25, 0.3) is 5.91 Å². The van der Waals surface area contributed by atoms with Gasteiger partial charge in [0.1, 0.15) is 5.75 Å². The average molecular weight is 265 g/mol. The minimum atomic E-state index is -0.272. The van der Waals surface area contributed by atoms with E-state index < -0.39 is 0 Å². The van der Waals surface area contributed by atoms with Crippen molar-refractivity contribution < 1.29 is 14.3 Å². The number of hydrogen-bond acceptors (Lipinski definition) is 4. The lowest BCUT2D eigenvalue weighted by Gasteiger charge is -2.20. The summed E-state index contributed by atoms with van der Waals surface area (Å²) in [6.45, 7) is 2.25. The van der Waals surface area contributed by atoms with Crippen LogP contribution in [-0.2, 0) is 4.79 Å². The second kappa shape index (κ2) is 6.63. The van der Waals surface area contributed by atoms with Crippen LogP contribution in [-0.4, -0.2) is 44.0 Å². The van der Waals surface area contributed by atoms with E-state index >= 15 is 0 Å². The van der Waals surface area contributed by atoms with Crippen LogP contribution in [0.25, 0.3) is 0 Å². The number of likely N-dealkylation sites (N-methyl/N-ethyl adjacent to an activating group) is 2. The Kier molecular flexibility index (Phi) is 5.17. The third-order valence-corrected chi connectivity index (χ3v) is 2.77. The van der Waals surface area contributed by atoms with Crippen LogP contribution < -0.4 is 15.8 Å². The number of ether oxygens (including phenoxy) is 1. The Morgan fingerprint density at radius 1 is 1.42 bits per heavy atom. The number of nitrogens with two attached hydrogens (primary N) is 1. The van der Waals surface area contributed by atoms with Gasteiger partial charge in [0.2, 0.25) is 5.91 Å². The number of hydrogen-bond donors (Lipinski definition) is 2. The smallest absolute Gasteiger partial charge is 0.256 e. The van der Waals surface area contributed by atoms with E-state index in [2.05, 4.69) is 5.32 Å². The van der Waals surface area contributed by atoms with Crippen molar-refractivity contribution in [1.29, 1.82) is 0 Å². The number of rotatable bonds is 5. The number of nitrogens with one attached hydrogen (secondary N) is 1. The molecule has 0 saturated carbocycles. The minimum Gasteiger partial charge on any atom is -0.497 e. The van der Waals surface area contributed by atoms with Crippen LogP contribution in [0.4, 0.5) is 5.69 Å². The van der Waals surface area contributed by atoms with Gasteiger partial charge in [-0.1, -0.05) is 0 Å². The third kappa shape index (κ3) is 3.61. The third-order valence-electron chi connectivity index (χ3n) is 2.77. The molecule has 104 valence electrons. The summed E-state index contributed by atoms with van der Waals surface area (Å²) in [5.74, 6) is 0.0944. The summed E-state index contributed by atoms with van der Waals surface area (Å²) >= 11 is 0. The van der Waals surface area contributed by atoms with Gasteiger partial charge in [0.15, 0.2) is 0 Å². The number of amides is 2. The number of carbonyl (C=O) groups is 2. The molecule has 0 unspecified atom stereocenters. The zero-order valence-electron chi connectivity index (χ0n) is 11.4. The van der Waals surface area contributed by atoms with E-state index in [0.29, 0.717) is 23.5 Å². The number of nitrogens with zero attached hydrogens (tertiary/aromatic N) is 1. The number of methoxy groups -OCH3 is 1. The Labute approximate surface area is 112 Å². The standard InChI is InChI=1S/C13H19N3O3/c1-4-16(8-12(17)15-2)13(18)10-6-5-9(19-3)7-11(10)14/h5-7H,4,8,14H2,1-3H3,(H,15,17). The topological polar surface area (TPSA) is 84.7 Å². The summed E-state index contributed by atoms with van der Waals surface area (Å²) in [6.07, 6.45) is 0. The van der Waals surface area contributed by atoms with Crippen molar-refractivity contribution in [3.05, 3.63) is 23.8 Å². The second-order valence-corrected chi connectivity index (χ2v) is 3.95. The van der Waals surface area contributed by atoms with Crippen molar-refractivity contribution in [2.24, 2.45) is 0 Å². The fraction of sp³-hybridized carbons (Fsp3) is 0.385. The van der Waals surface area contributed by atoms with Crippen molar-refractivity contribution in [3.63, 3.8) is 0 Å². The summed E-state index contributed by atoms with van der Waals surface area (Å²) in [6, 6.07) is 4.85. The maximum atomic E-state index is 12.3. The van der Waals surface area contributed by atoms with E-state index in [0.717, 1.165) is 0 Å². The molecule has 0 aliphatic rings. The summed E-state index contributed by atoms with van der Waals surface area (Å²) in [5.41, 5.74) is 6.53. The van der Waals surface area contributed by atoms with Gasteiger partial charge in [-0.15, -0.1) is 0 Å². The monoisotopic (exact) mass is 265 g/mol. The van der Waals surface area contributed by atoms with E-state index in [1.165, 1.54) is 19.1 Å². The second-order valence-electron chi connectivity index (χ2n) is 3.95. The van der Waals surface area contributed by atoms with Crippen LogP contribution in [0.5, 0.6) is 5.75 Å². The molecule has 0 aromatic heterocycles. The first-order valence-electron chi connectivity index (χ1n) is 5.96. The van der Waals surface area contributed by atoms with Gasteiger partial charge in [-0.2, -0.15) is 0 Å². The summed E-state index contributed by atoms with van der Waals surface area (Å²) < 4.78 is 5.03. The molecule has 0 spiro atoms. The lowest BCUT2D eigenvalue weighted by atomic mass is 10.1. The molecule has 0 bridgehead atoms. The molecule has 0 radical (unpaired) electrons. The van der Waals surface area contributed by atoms with Crippen molar-refractivity contribution in [2.45, 2.75) is 6.92 Å². The Hall–Kier alpha value is -2.24. The molecule has 0 saturated heterocycles. The van der Waals surface area contributed by atoms with Crippen LogP contribution in [0, 0.1) is 0 Å². The molecule has 3 N–H and O–H groups in total. The van der Waals surface area contributed by atoms with E-state index in [-0.39, 0.29) is 18.4 Å². The zero-order valence-corrected chi connectivity index (χ0v) is 11.4. The van der Waals surface area contributed by atoms with Gasteiger partial charge in [-0.05, 0) is 19.1 Å². The summed E-state index contributed by atoms with van der Waals surface area (Å²) in [5, 5.41) is 2.48. The minimum absolute atomic E-state index is 0.0112. The highest BCUT2D eigenvalue weighted by atomic mass is 16.5. The van der Waals surface area contributed by atoms with E-state index in [1.54, 1.807) is 25.1 Å². The van der Waals surface area contributed by atoms with Gasteiger partial charge in [-0.3, -0.25) is 9.59 Å². The highest BCUT2D eigenvalue weighted by Crippen LogP contribution is 2.20. The Balaban J connectivity index is 2.94. The number of anilines is 1. The molecule has 6 nitrogen and oxygen atoms in total. The molecule has 0 aliphatic heterocycles. The molecule has 19 heavy (non-hydrogen) atoms. The SMILES string of the molecule is CCN(CC(=O)NC)C(=O)c1ccc(OC)cc1N. The predicted octanol–water partition coefficient (Wildman–Crippen LogP) is 0.485. The van der Waals surface area contributed by atoms with Crippen molar-refractivity contribution in [2.75, 3.05) is 33.0 Å². The maximum Gasteiger partial charge on any atom is 0.256 e. The Morgan fingerprint density at radius 3 is 2.58 bits per heavy atom. The van der Waals surface area contributed by atoms with Crippen LogP contribution in [0.3, 0.4) is 0 Å². The largest absolute Gasteiger partial charge is 0.497 e. The van der Waals surface area contributed by atoms with Crippen molar-refractivity contribution >= 4 is 17.5 Å². The van der Waals surface area contributed by atoms with Crippen LogP contribution >= 0.6 is 0 Å².